The molecule has 0 radical (unpaired) electrons. The van der Waals surface area contributed by atoms with Crippen molar-refractivity contribution >= 4 is 10.2 Å². The molecule has 9 heteroatoms. The van der Waals surface area contributed by atoms with Gasteiger partial charge in [-0.15, -0.1) is 0 Å². The Bertz CT molecular complexity index is 635. The molecule has 0 atom stereocenters. The third kappa shape index (κ3) is 3.74. The quantitative estimate of drug-likeness (QED) is 0.752. The van der Waals surface area contributed by atoms with Crippen molar-refractivity contribution in [1.82, 2.24) is 23.3 Å². The minimum Gasteiger partial charge on any atom is -0.380 e. The normalized spacial score (nSPS) is 21.3. The monoisotopic (exact) mass is 343 g/mol. The predicted molar refractivity (Wildman–Crippen MR) is 86.0 cm³/mol. The number of fused-ring (bicyclic) bond motifs is 1. The van der Waals surface area contributed by atoms with Crippen LogP contribution < -0.4 is 0 Å². The van der Waals surface area contributed by atoms with Crippen molar-refractivity contribution in [1.29, 1.82) is 0 Å². The first-order valence-electron chi connectivity index (χ1n) is 8.00. The molecule has 2 aliphatic heterocycles. The summed E-state index contributed by atoms with van der Waals surface area (Å²) >= 11 is 0. The number of hydrogen-bond acceptors (Lipinski definition) is 5. The standard InChI is InChI=1S/C14H25N5O3S/c1-16(2)23(20,21)18-5-6-19-14(12-18)10-13(15-19)11-17-4-3-8-22-9-7-17/h10H,3-9,11-12H2,1-2H3. The van der Waals surface area contributed by atoms with E-state index in [1.807, 2.05) is 10.7 Å². The van der Waals surface area contributed by atoms with Gasteiger partial charge in [0.2, 0.25) is 0 Å². The molecule has 3 rings (SSSR count). The van der Waals surface area contributed by atoms with Crippen LogP contribution in [0.1, 0.15) is 17.8 Å². The zero-order chi connectivity index (χ0) is 16.4. The van der Waals surface area contributed by atoms with Crippen LogP contribution in [-0.4, -0.2) is 78.7 Å². The van der Waals surface area contributed by atoms with Gasteiger partial charge in [0.25, 0.3) is 10.2 Å². The fourth-order valence-electron chi connectivity index (χ4n) is 2.99. The molecule has 1 aromatic rings. The minimum absolute atomic E-state index is 0.386. The number of ether oxygens (including phenoxy) is 1. The molecule has 0 bridgehead atoms. The fourth-order valence-corrected chi connectivity index (χ4v) is 4.06. The lowest BCUT2D eigenvalue weighted by Crippen LogP contribution is -2.44. The van der Waals surface area contributed by atoms with Gasteiger partial charge in [-0.3, -0.25) is 9.58 Å². The molecule has 0 spiro atoms. The Morgan fingerprint density at radius 1 is 1.22 bits per heavy atom. The summed E-state index contributed by atoms with van der Waals surface area (Å²) in [4.78, 5) is 2.34. The number of nitrogens with zero attached hydrogens (tertiary/aromatic N) is 5. The van der Waals surface area contributed by atoms with E-state index in [1.165, 1.54) is 8.61 Å². The third-order valence-electron chi connectivity index (χ3n) is 4.30. The van der Waals surface area contributed by atoms with Crippen LogP contribution in [-0.2, 0) is 34.6 Å². The molecular weight excluding hydrogens is 318 g/mol. The molecule has 1 aromatic heterocycles. The zero-order valence-corrected chi connectivity index (χ0v) is 14.6. The first kappa shape index (κ1) is 16.8. The van der Waals surface area contributed by atoms with E-state index in [0.29, 0.717) is 19.6 Å². The van der Waals surface area contributed by atoms with Crippen LogP contribution in [0.2, 0.25) is 0 Å². The van der Waals surface area contributed by atoms with Gasteiger partial charge in [0.15, 0.2) is 0 Å². The fraction of sp³-hybridized carbons (Fsp3) is 0.786. The summed E-state index contributed by atoms with van der Waals surface area (Å²) in [6.07, 6.45) is 1.04. The molecule has 130 valence electrons. The summed E-state index contributed by atoms with van der Waals surface area (Å²) in [6.45, 7) is 5.78. The van der Waals surface area contributed by atoms with E-state index in [4.69, 9.17) is 4.74 Å². The van der Waals surface area contributed by atoms with Gasteiger partial charge in [-0.2, -0.15) is 22.1 Å². The highest BCUT2D eigenvalue weighted by molar-refractivity contribution is 7.86. The number of rotatable bonds is 4. The van der Waals surface area contributed by atoms with Crippen molar-refractivity contribution < 1.29 is 13.2 Å². The zero-order valence-electron chi connectivity index (χ0n) is 13.8. The molecule has 8 nitrogen and oxygen atoms in total. The Labute approximate surface area is 137 Å². The Morgan fingerprint density at radius 2 is 2.04 bits per heavy atom. The van der Waals surface area contributed by atoms with Crippen LogP contribution in [0, 0.1) is 0 Å². The largest absolute Gasteiger partial charge is 0.380 e. The smallest absolute Gasteiger partial charge is 0.281 e. The summed E-state index contributed by atoms with van der Waals surface area (Å²) < 4.78 is 34.7. The van der Waals surface area contributed by atoms with Gasteiger partial charge in [0.05, 0.1) is 31.1 Å². The summed E-state index contributed by atoms with van der Waals surface area (Å²) in [7, 11) is -0.240. The Morgan fingerprint density at radius 3 is 2.83 bits per heavy atom. The number of aromatic nitrogens is 2. The van der Waals surface area contributed by atoms with Gasteiger partial charge in [-0.25, -0.2) is 0 Å². The molecule has 1 saturated heterocycles. The second kappa shape index (κ2) is 6.86. The predicted octanol–water partition coefficient (Wildman–Crippen LogP) is -0.273. The molecule has 1 fully saturated rings. The van der Waals surface area contributed by atoms with Gasteiger partial charge < -0.3 is 4.74 Å². The lowest BCUT2D eigenvalue weighted by atomic mass is 10.3. The molecule has 0 aromatic carbocycles. The summed E-state index contributed by atoms with van der Waals surface area (Å²) in [5, 5.41) is 4.64. The van der Waals surface area contributed by atoms with Gasteiger partial charge >= 0.3 is 0 Å². The lowest BCUT2D eigenvalue weighted by molar-refractivity contribution is 0.140. The van der Waals surface area contributed by atoms with Crippen molar-refractivity contribution in [2.24, 2.45) is 0 Å². The van der Waals surface area contributed by atoms with E-state index in [0.717, 1.165) is 50.7 Å². The second-order valence-corrected chi connectivity index (χ2v) is 8.36. The van der Waals surface area contributed by atoms with Gasteiger partial charge in [-0.1, -0.05) is 0 Å². The molecule has 3 heterocycles. The van der Waals surface area contributed by atoms with Crippen molar-refractivity contribution in [2.45, 2.75) is 26.1 Å². The van der Waals surface area contributed by atoms with E-state index in [2.05, 4.69) is 10.00 Å². The van der Waals surface area contributed by atoms with Gasteiger partial charge in [0.1, 0.15) is 0 Å². The SMILES string of the molecule is CN(C)S(=O)(=O)N1CCn2nc(CN3CCCOCC3)cc2C1. The summed E-state index contributed by atoms with van der Waals surface area (Å²) in [6, 6.07) is 2.03. The van der Waals surface area contributed by atoms with Crippen molar-refractivity contribution in [3.05, 3.63) is 17.5 Å². The van der Waals surface area contributed by atoms with Crippen LogP contribution in [0.3, 0.4) is 0 Å². The van der Waals surface area contributed by atoms with Crippen LogP contribution in [0.25, 0.3) is 0 Å². The highest BCUT2D eigenvalue weighted by Crippen LogP contribution is 2.18. The highest BCUT2D eigenvalue weighted by Gasteiger charge is 2.29. The second-order valence-electron chi connectivity index (χ2n) is 6.22. The third-order valence-corrected chi connectivity index (χ3v) is 6.19. The first-order chi connectivity index (χ1) is 11.0. The molecule has 0 amide bonds. The molecule has 2 aliphatic rings. The lowest BCUT2D eigenvalue weighted by Gasteiger charge is -2.29. The molecule has 0 aliphatic carbocycles. The van der Waals surface area contributed by atoms with Crippen LogP contribution >= 0.6 is 0 Å². The molecule has 0 N–H and O–H groups in total. The topological polar surface area (TPSA) is 70.9 Å². The highest BCUT2D eigenvalue weighted by atomic mass is 32.2. The molecular formula is C14H25N5O3S. The minimum atomic E-state index is -3.37. The van der Waals surface area contributed by atoms with E-state index >= 15 is 0 Å². The van der Waals surface area contributed by atoms with Gasteiger partial charge in [-0.05, 0) is 12.5 Å². The van der Waals surface area contributed by atoms with Crippen molar-refractivity contribution in [3.8, 4) is 0 Å². The summed E-state index contributed by atoms with van der Waals surface area (Å²) in [5.41, 5.74) is 1.97. The van der Waals surface area contributed by atoms with E-state index in [-0.39, 0.29) is 0 Å². The maximum absolute atomic E-state index is 12.3. The Balaban J connectivity index is 1.69. The van der Waals surface area contributed by atoms with E-state index in [9.17, 15) is 8.42 Å². The van der Waals surface area contributed by atoms with Crippen LogP contribution in [0.15, 0.2) is 6.07 Å². The van der Waals surface area contributed by atoms with E-state index < -0.39 is 10.2 Å². The Hall–Kier alpha value is -1.00. The number of hydrogen-bond donors (Lipinski definition) is 0. The average Bonchev–Trinajstić information content (AvgIpc) is 2.72. The average molecular weight is 343 g/mol. The maximum Gasteiger partial charge on any atom is 0.281 e. The molecule has 0 saturated carbocycles. The van der Waals surface area contributed by atoms with Gasteiger partial charge in [0, 0.05) is 46.9 Å². The van der Waals surface area contributed by atoms with Crippen LogP contribution in [0.5, 0.6) is 0 Å². The van der Waals surface area contributed by atoms with Crippen molar-refractivity contribution in [2.75, 3.05) is 46.9 Å². The molecule has 0 unspecified atom stereocenters. The first-order valence-corrected chi connectivity index (χ1v) is 9.40. The maximum atomic E-state index is 12.3. The van der Waals surface area contributed by atoms with E-state index in [1.54, 1.807) is 14.1 Å². The van der Waals surface area contributed by atoms with Crippen LogP contribution in [0.4, 0.5) is 0 Å². The molecule has 23 heavy (non-hydrogen) atoms. The van der Waals surface area contributed by atoms with Crippen molar-refractivity contribution in [3.63, 3.8) is 0 Å². The Kier molecular flexibility index (Phi) is 5.02. The summed E-state index contributed by atoms with van der Waals surface area (Å²) in [5.74, 6) is 0.